The molecule has 128 valence electrons. The van der Waals surface area contributed by atoms with Crippen molar-refractivity contribution in [3.8, 4) is 11.4 Å². The zero-order chi connectivity index (χ0) is 17.1. The molecule has 3 aromatic rings. The fourth-order valence-corrected chi connectivity index (χ4v) is 3.22. The SMILES string of the molecule is Clc1ccc(-c2noc(CN3CC[C@H](Nc4ccccc4)C3)n2)cc1. The van der Waals surface area contributed by atoms with Gasteiger partial charge in [-0.3, -0.25) is 4.90 Å². The number of likely N-dealkylation sites (tertiary alicyclic amines) is 1. The molecule has 0 bridgehead atoms. The lowest BCUT2D eigenvalue weighted by Gasteiger charge is -2.15. The van der Waals surface area contributed by atoms with Gasteiger partial charge in [-0.05, 0) is 42.8 Å². The molecule has 6 heteroatoms. The van der Waals surface area contributed by atoms with Gasteiger partial charge in [-0.25, -0.2) is 0 Å². The van der Waals surface area contributed by atoms with Crippen molar-refractivity contribution in [3.63, 3.8) is 0 Å². The van der Waals surface area contributed by atoms with Crippen LogP contribution in [0, 0.1) is 0 Å². The molecule has 1 fully saturated rings. The number of anilines is 1. The van der Waals surface area contributed by atoms with Crippen LogP contribution in [0.1, 0.15) is 12.3 Å². The first kappa shape index (κ1) is 16.1. The van der Waals surface area contributed by atoms with Gasteiger partial charge in [-0.2, -0.15) is 4.98 Å². The molecule has 2 aromatic carbocycles. The van der Waals surface area contributed by atoms with E-state index in [0.717, 1.165) is 30.8 Å². The number of nitrogens with zero attached hydrogens (tertiary/aromatic N) is 3. The summed E-state index contributed by atoms with van der Waals surface area (Å²) in [5.41, 5.74) is 2.07. The minimum absolute atomic E-state index is 0.445. The summed E-state index contributed by atoms with van der Waals surface area (Å²) in [5.74, 6) is 1.25. The van der Waals surface area contributed by atoms with Crippen molar-refractivity contribution in [2.75, 3.05) is 18.4 Å². The molecule has 1 saturated heterocycles. The van der Waals surface area contributed by atoms with E-state index in [1.54, 1.807) is 0 Å². The van der Waals surface area contributed by atoms with Crippen LogP contribution in [0.3, 0.4) is 0 Å². The highest BCUT2D eigenvalue weighted by atomic mass is 35.5. The summed E-state index contributed by atoms with van der Waals surface area (Å²) in [4.78, 5) is 6.83. The van der Waals surface area contributed by atoms with E-state index in [9.17, 15) is 0 Å². The van der Waals surface area contributed by atoms with Crippen molar-refractivity contribution < 1.29 is 4.52 Å². The number of hydrogen-bond acceptors (Lipinski definition) is 5. The molecule has 1 aliphatic rings. The van der Waals surface area contributed by atoms with Gasteiger partial charge in [-0.1, -0.05) is 35.0 Å². The third-order valence-corrected chi connectivity index (χ3v) is 4.60. The molecule has 1 aliphatic heterocycles. The minimum Gasteiger partial charge on any atom is -0.381 e. The van der Waals surface area contributed by atoms with Crippen LogP contribution in [0.2, 0.25) is 5.02 Å². The van der Waals surface area contributed by atoms with Gasteiger partial charge in [0.15, 0.2) is 0 Å². The number of halogens is 1. The van der Waals surface area contributed by atoms with Crippen LogP contribution < -0.4 is 5.32 Å². The van der Waals surface area contributed by atoms with E-state index >= 15 is 0 Å². The summed E-state index contributed by atoms with van der Waals surface area (Å²) in [6.07, 6.45) is 1.10. The molecule has 5 nitrogen and oxygen atoms in total. The van der Waals surface area contributed by atoms with Crippen molar-refractivity contribution >= 4 is 17.3 Å². The average molecular weight is 355 g/mol. The van der Waals surface area contributed by atoms with Gasteiger partial charge in [-0.15, -0.1) is 0 Å². The Morgan fingerprint density at radius 1 is 1.12 bits per heavy atom. The number of nitrogens with one attached hydrogen (secondary N) is 1. The molecule has 0 spiro atoms. The molecule has 0 unspecified atom stereocenters. The van der Waals surface area contributed by atoms with E-state index in [4.69, 9.17) is 16.1 Å². The monoisotopic (exact) mass is 354 g/mol. The fraction of sp³-hybridized carbons (Fsp3) is 0.263. The van der Waals surface area contributed by atoms with Crippen molar-refractivity contribution in [2.24, 2.45) is 0 Å². The number of benzene rings is 2. The Morgan fingerprint density at radius 2 is 1.92 bits per heavy atom. The molecule has 25 heavy (non-hydrogen) atoms. The van der Waals surface area contributed by atoms with Crippen LogP contribution in [0.15, 0.2) is 59.1 Å². The summed E-state index contributed by atoms with van der Waals surface area (Å²) in [6.45, 7) is 2.66. The highest BCUT2D eigenvalue weighted by Crippen LogP contribution is 2.21. The summed E-state index contributed by atoms with van der Waals surface area (Å²) in [5, 5.41) is 8.34. The molecular formula is C19H19ClN4O. The Hall–Kier alpha value is -2.37. The van der Waals surface area contributed by atoms with Crippen LogP contribution in [0.4, 0.5) is 5.69 Å². The summed E-state index contributed by atoms with van der Waals surface area (Å²) < 4.78 is 5.41. The molecule has 2 heterocycles. The standard InChI is InChI=1S/C19H19ClN4O/c20-15-8-6-14(7-9-15)19-22-18(25-23-19)13-24-11-10-17(12-24)21-16-4-2-1-3-5-16/h1-9,17,21H,10-13H2/t17-/m0/s1. The lowest BCUT2D eigenvalue weighted by molar-refractivity contribution is 0.266. The van der Waals surface area contributed by atoms with E-state index in [1.807, 2.05) is 42.5 Å². The Bertz CT molecular complexity index is 819. The van der Waals surface area contributed by atoms with Crippen molar-refractivity contribution in [2.45, 2.75) is 19.0 Å². The second-order valence-electron chi connectivity index (χ2n) is 6.25. The molecule has 0 radical (unpaired) electrons. The van der Waals surface area contributed by atoms with Crippen molar-refractivity contribution in [1.82, 2.24) is 15.0 Å². The number of rotatable bonds is 5. The minimum atomic E-state index is 0.445. The molecule has 1 aromatic heterocycles. The van der Waals surface area contributed by atoms with E-state index in [2.05, 4.69) is 32.5 Å². The maximum Gasteiger partial charge on any atom is 0.241 e. The number of para-hydroxylation sites is 1. The van der Waals surface area contributed by atoms with Gasteiger partial charge < -0.3 is 9.84 Å². The Kier molecular flexibility index (Phi) is 4.68. The van der Waals surface area contributed by atoms with Gasteiger partial charge in [0, 0.05) is 35.4 Å². The maximum atomic E-state index is 5.91. The van der Waals surface area contributed by atoms with Crippen LogP contribution in [-0.4, -0.2) is 34.2 Å². The quantitative estimate of drug-likeness (QED) is 0.748. The maximum absolute atomic E-state index is 5.91. The van der Waals surface area contributed by atoms with Crippen molar-refractivity contribution in [3.05, 3.63) is 65.5 Å². The molecular weight excluding hydrogens is 336 g/mol. The Morgan fingerprint density at radius 3 is 2.72 bits per heavy atom. The fourth-order valence-electron chi connectivity index (χ4n) is 3.09. The lowest BCUT2D eigenvalue weighted by Crippen LogP contribution is -2.26. The zero-order valence-corrected chi connectivity index (χ0v) is 14.5. The highest BCUT2D eigenvalue weighted by molar-refractivity contribution is 6.30. The number of hydrogen-bond donors (Lipinski definition) is 1. The van der Waals surface area contributed by atoms with Gasteiger partial charge in [0.2, 0.25) is 11.7 Å². The predicted octanol–water partition coefficient (Wildman–Crippen LogP) is 4.08. The highest BCUT2D eigenvalue weighted by Gasteiger charge is 2.24. The summed E-state index contributed by atoms with van der Waals surface area (Å²) in [7, 11) is 0. The smallest absolute Gasteiger partial charge is 0.241 e. The van der Waals surface area contributed by atoms with Crippen LogP contribution in [0.25, 0.3) is 11.4 Å². The van der Waals surface area contributed by atoms with Crippen LogP contribution >= 0.6 is 11.6 Å². The first-order chi connectivity index (χ1) is 12.3. The molecule has 0 amide bonds. The van der Waals surface area contributed by atoms with E-state index < -0.39 is 0 Å². The second kappa shape index (κ2) is 7.25. The molecule has 4 rings (SSSR count). The van der Waals surface area contributed by atoms with Crippen LogP contribution in [-0.2, 0) is 6.54 Å². The van der Waals surface area contributed by atoms with Gasteiger partial charge >= 0.3 is 0 Å². The molecule has 1 N–H and O–H groups in total. The van der Waals surface area contributed by atoms with E-state index in [1.165, 1.54) is 0 Å². The van der Waals surface area contributed by atoms with Gasteiger partial charge in [0.25, 0.3) is 0 Å². The molecule has 0 aliphatic carbocycles. The normalized spacial score (nSPS) is 17.7. The average Bonchev–Trinajstić information content (AvgIpc) is 3.27. The Balaban J connectivity index is 1.35. The summed E-state index contributed by atoms with van der Waals surface area (Å²) >= 11 is 5.91. The van der Waals surface area contributed by atoms with Crippen molar-refractivity contribution in [1.29, 1.82) is 0 Å². The molecule has 1 atom stereocenters. The van der Waals surface area contributed by atoms with Gasteiger partial charge in [0.1, 0.15) is 0 Å². The third kappa shape index (κ3) is 4.00. The first-order valence-corrected chi connectivity index (χ1v) is 8.76. The largest absolute Gasteiger partial charge is 0.381 e. The predicted molar refractivity (Wildman–Crippen MR) is 98.5 cm³/mol. The summed E-state index contributed by atoms with van der Waals surface area (Å²) in [6, 6.07) is 18.2. The second-order valence-corrected chi connectivity index (χ2v) is 6.69. The lowest BCUT2D eigenvalue weighted by atomic mass is 10.2. The third-order valence-electron chi connectivity index (χ3n) is 4.35. The molecule has 0 saturated carbocycles. The topological polar surface area (TPSA) is 54.2 Å². The van der Waals surface area contributed by atoms with Crippen LogP contribution in [0.5, 0.6) is 0 Å². The number of aromatic nitrogens is 2. The Labute approximate surface area is 151 Å². The zero-order valence-electron chi connectivity index (χ0n) is 13.7. The van der Waals surface area contributed by atoms with Gasteiger partial charge in [0.05, 0.1) is 6.54 Å². The van der Waals surface area contributed by atoms with E-state index in [0.29, 0.717) is 29.3 Å². The first-order valence-electron chi connectivity index (χ1n) is 8.39. The van der Waals surface area contributed by atoms with E-state index in [-0.39, 0.29) is 0 Å².